The Bertz CT molecular complexity index is 873. The summed E-state index contributed by atoms with van der Waals surface area (Å²) in [5, 5.41) is 6.69. The molecule has 0 saturated carbocycles. The minimum absolute atomic E-state index is 0.200. The van der Waals surface area contributed by atoms with Crippen LogP contribution in [0.3, 0.4) is 0 Å². The highest BCUT2D eigenvalue weighted by atomic mass is 35.5. The Labute approximate surface area is 175 Å². The fourth-order valence-corrected chi connectivity index (χ4v) is 5.37. The second kappa shape index (κ2) is 7.38. The highest BCUT2D eigenvalue weighted by molar-refractivity contribution is 6.35. The maximum atomic E-state index is 13.4. The van der Waals surface area contributed by atoms with E-state index in [0.29, 0.717) is 48.2 Å². The van der Waals surface area contributed by atoms with Crippen LogP contribution in [-0.4, -0.2) is 48.9 Å². The van der Waals surface area contributed by atoms with Crippen LogP contribution >= 0.6 is 11.6 Å². The van der Waals surface area contributed by atoms with Gasteiger partial charge in [-0.2, -0.15) is 0 Å². The number of hydrogen-bond donors (Lipinski definition) is 2. The van der Waals surface area contributed by atoms with Crippen molar-refractivity contribution in [2.75, 3.05) is 25.6 Å². The zero-order chi connectivity index (χ0) is 20.9. The molecule has 3 aliphatic rings. The molecule has 29 heavy (non-hydrogen) atoms. The first kappa shape index (κ1) is 20.3. The minimum atomic E-state index is -1.27. The van der Waals surface area contributed by atoms with Crippen LogP contribution in [0.15, 0.2) is 18.2 Å². The number of methoxy groups -OCH3 is 1. The van der Waals surface area contributed by atoms with Crippen LogP contribution in [-0.2, 0) is 24.7 Å². The van der Waals surface area contributed by atoms with Gasteiger partial charge in [0.1, 0.15) is 5.54 Å². The summed E-state index contributed by atoms with van der Waals surface area (Å²) in [6.45, 7) is 4.90. The monoisotopic (exact) mass is 419 g/mol. The molecule has 2 fully saturated rings. The maximum absolute atomic E-state index is 13.4. The number of carbonyl (C=O) groups excluding carboxylic acids is 3. The van der Waals surface area contributed by atoms with Gasteiger partial charge in [-0.25, -0.2) is 0 Å². The molecule has 3 aliphatic heterocycles. The first-order chi connectivity index (χ1) is 13.8. The number of anilines is 1. The molecule has 2 N–H and O–H groups in total. The first-order valence-electron chi connectivity index (χ1n) is 10.0. The van der Waals surface area contributed by atoms with Gasteiger partial charge in [-0.1, -0.05) is 37.6 Å². The van der Waals surface area contributed by atoms with Crippen LogP contribution in [0.25, 0.3) is 0 Å². The van der Waals surface area contributed by atoms with Crippen LogP contribution in [0.5, 0.6) is 0 Å². The minimum Gasteiger partial charge on any atom is -0.385 e. The topological polar surface area (TPSA) is 87.7 Å². The second-order valence-electron chi connectivity index (χ2n) is 8.48. The number of amides is 3. The summed E-state index contributed by atoms with van der Waals surface area (Å²) in [5.74, 6) is -1.85. The largest absolute Gasteiger partial charge is 0.385 e. The highest BCUT2D eigenvalue weighted by Gasteiger charge is 2.70. The molecule has 0 aliphatic carbocycles. The number of nitrogens with one attached hydrogen (secondary N) is 2. The van der Waals surface area contributed by atoms with E-state index < -0.39 is 17.4 Å². The number of likely N-dealkylation sites (tertiary alicyclic amines) is 1. The van der Waals surface area contributed by atoms with Gasteiger partial charge in [0.15, 0.2) is 0 Å². The van der Waals surface area contributed by atoms with Gasteiger partial charge in [0.05, 0.1) is 22.5 Å². The number of benzene rings is 1. The lowest BCUT2D eigenvalue weighted by Gasteiger charge is -2.30. The number of carbonyl (C=O) groups is 3. The third kappa shape index (κ3) is 2.90. The number of nitrogens with zero attached hydrogens (tertiary/aromatic N) is 1. The lowest BCUT2D eigenvalue weighted by molar-refractivity contribution is -0.143. The van der Waals surface area contributed by atoms with Crippen molar-refractivity contribution in [3.8, 4) is 0 Å². The molecule has 0 radical (unpaired) electrons. The summed E-state index contributed by atoms with van der Waals surface area (Å²) in [7, 11) is 1.59. The SMILES string of the molecule is COCCCN1C(=O)C2C(CC(C)C)NC3(C(=O)Nc4c(Cl)cccc43)C2C1=O. The van der Waals surface area contributed by atoms with Crippen molar-refractivity contribution in [3.05, 3.63) is 28.8 Å². The Balaban J connectivity index is 1.79. The lowest BCUT2D eigenvalue weighted by atomic mass is 9.76. The van der Waals surface area contributed by atoms with E-state index in [2.05, 4.69) is 24.5 Å². The Morgan fingerprint density at radius 3 is 2.69 bits per heavy atom. The van der Waals surface area contributed by atoms with E-state index in [1.165, 1.54) is 4.90 Å². The van der Waals surface area contributed by atoms with Gasteiger partial charge in [0, 0.05) is 31.9 Å². The number of para-hydroxylation sites is 1. The van der Waals surface area contributed by atoms with E-state index in [4.69, 9.17) is 16.3 Å². The average molecular weight is 420 g/mol. The molecule has 156 valence electrons. The zero-order valence-corrected chi connectivity index (χ0v) is 17.6. The molecule has 1 spiro atoms. The van der Waals surface area contributed by atoms with E-state index >= 15 is 0 Å². The molecular formula is C21H26ClN3O4. The zero-order valence-electron chi connectivity index (χ0n) is 16.8. The molecule has 2 saturated heterocycles. The van der Waals surface area contributed by atoms with Gasteiger partial charge in [-0.3, -0.25) is 24.6 Å². The number of halogens is 1. The third-order valence-corrected chi connectivity index (χ3v) is 6.56. The second-order valence-corrected chi connectivity index (χ2v) is 8.89. The fraction of sp³-hybridized carbons (Fsp3) is 0.571. The van der Waals surface area contributed by atoms with Crippen molar-refractivity contribution in [1.29, 1.82) is 0 Å². The van der Waals surface area contributed by atoms with Gasteiger partial charge in [0.25, 0.3) is 0 Å². The van der Waals surface area contributed by atoms with Crippen molar-refractivity contribution in [3.63, 3.8) is 0 Å². The third-order valence-electron chi connectivity index (χ3n) is 6.25. The van der Waals surface area contributed by atoms with Gasteiger partial charge in [-0.15, -0.1) is 0 Å². The molecule has 1 aromatic carbocycles. The van der Waals surface area contributed by atoms with Crippen molar-refractivity contribution < 1.29 is 19.1 Å². The predicted octanol–water partition coefficient (Wildman–Crippen LogP) is 2.14. The van der Waals surface area contributed by atoms with Crippen LogP contribution in [0.4, 0.5) is 5.69 Å². The van der Waals surface area contributed by atoms with Gasteiger partial charge in [0.2, 0.25) is 17.7 Å². The first-order valence-corrected chi connectivity index (χ1v) is 10.4. The quantitative estimate of drug-likeness (QED) is 0.545. The molecule has 4 unspecified atom stereocenters. The average Bonchev–Trinajstić information content (AvgIpc) is 3.23. The molecule has 3 amide bonds. The summed E-state index contributed by atoms with van der Waals surface area (Å²) < 4.78 is 5.07. The van der Waals surface area contributed by atoms with E-state index in [1.54, 1.807) is 19.2 Å². The lowest BCUT2D eigenvalue weighted by Crippen LogP contribution is -2.53. The van der Waals surface area contributed by atoms with Gasteiger partial charge in [-0.05, 0) is 24.8 Å². The number of ether oxygens (including phenoxy) is 1. The van der Waals surface area contributed by atoms with Crippen LogP contribution in [0.1, 0.15) is 32.3 Å². The van der Waals surface area contributed by atoms with Crippen molar-refractivity contribution in [2.24, 2.45) is 17.8 Å². The Morgan fingerprint density at radius 2 is 2.00 bits per heavy atom. The summed E-state index contributed by atoms with van der Waals surface area (Å²) in [5.41, 5.74) is -0.0995. The molecule has 0 bridgehead atoms. The maximum Gasteiger partial charge on any atom is 0.250 e. The van der Waals surface area contributed by atoms with Crippen LogP contribution in [0, 0.1) is 17.8 Å². The molecule has 4 rings (SSSR count). The van der Waals surface area contributed by atoms with Crippen molar-refractivity contribution >= 4 is 35.0 Å². The summed E-state index contributed by atoms with van der Waals surface area (Å²) in [6.07, 6.45) is 1.26. The standard InChI is InChI=1S/C21H26ClN3O4/c1-11(2)10-14-15-16(19(27)25(18(15)26)8-5-9-29-3)21(24-14)12-6-4-7-13(22)17(12)23-20(21)28/h4,6-7,11,14-16,24H,5,8-10H2,1-3H3,(H,23,28). The van der Waals surface area contributed by atoms with Crippen molar-refractivity contribution in [2.45, 2.75) is 38.3 Å². The normalized spacial score (nSPS) is 30.4. The summed E-state index contributed by atoms with van der Waals surface area (Å²) in [6, 6.07) is 5.02. The number of fused-ring (bicyclic) bond motifs is 4. The molecule has 8 heteroatoms. The number of imide groups is 1. The van der Waals surface area contributed by atoms with E-state index in [0.717, 1.165) is 0 Å². The molecule has 4 atom stereocenters. The molecule has 0 aromatic heterocycles. The van der Waals surface area contributed by atoms with E-state index in [-0.39, 0.29) is 23.8 Å². The predicted molar refractivity (Wildman–Crippen MR) is 108 cm³/mol. The van der Waals surface area contributed by atoms with Crippen molar-refractivity contribution in [1.82, 2.24) is 10.2 Å². The molecule has 1 aromatic rings. The molecule has 3 heterocycles. The van der Waals surface area contributed by atoms with Gasteiger partial charge < -0.3 is 10.1 Å². The molecule has 7 nitrogen and oxygen atoms in total. The molecular weight excluding hydrogens is 394 g/mol. The van der Waals surface area contributed by atoms with E-state index in [9.17, 15) is 14.4 Å². The number of rotatable bonds is 6. The van der Waals surface area contributed by atoms with E-state index in [1.807, 2.05) is 6.07 Å². The van der Waals surface area contributed by atoms with Crippen LogP contribution in [0.2, 0.25) is 5.02 Å². The number of hydrogen-bond acceptors (Lipinski definition) is 5. The van der Waals surface area contributed by atoms with Gasteiger partial charge >= 0.3 is 0 Å². The summed E-state index contributed by atoms with van der Waals surface area (Å²) >= 11 is 6.32. The van der Waals surface area contributed by atoms with Crippen LogP contribution < -0.4 is 10.6 Å². The Morgan fingerprint density at radius 1 is 1.24 bits per heavy atom. The Hall–Kier alpha value is -1.96. The Kier molecular flexibility index (Phi) is 5.17. The highest BCUT2D eigenvalue weighted by Crippen LogP contribution is 2.54. The summed E-state index contributed by atoms with van der Waals surface area (Å²) in [4.78, 5) is 41.3. The smallest absolute Gasteiger partial charge is 0.250 e. The fourth-order valence-electron chi connectivity index (χ4n) is 5.15.